The second-order valence-corrected chi connectivity index (χ2v) is 4.71. The van der Waals surface area contributed by atoms with Gasteiger partial charge in [-0.2, -0.15) is 0 Å². The number of nitrogens with zero attached hydrogens (tertiary/aromatic N) is 1. The summed E-state index contributed by atoms with van der Waals surface area (Å²) in [6.07, 6.45) is 1.56. The number of carboxylic acids is 1. The molecule has 0 saturated carbocycles. The Balaban J connectivity index is 2.35. The molecule has 2 aromatic rings. The highest BCUT2D eigenvalue weighted by Crippen LogP contribution is 2.27. The molecule has 0 atom stereocenters. The van der Waals surface area contributed by atoms with Crippen LogP contribution in [0.4, 0.5) is 0 Å². The molecule has 0 aliphatic heterocycles. The van der Waals surface area contributed by atoms with Crippen LogP contribution in [0.3, 0.4) is 0 Å². The number of aromatic carboxylic acids is 1. The molecule has 1 aromatic heterocycles. The van der Waals surface area contributed by atoms with Gasteiger partial charge in [-0.3, -0.25) is 0 Å². The summed E-state index contributed by atoms with van der Waals surface area (Å²) in [6, 6.07) is 7.68. The van der Waals surface area contributed by atoms with Crippen molar-refractivity contribution < 1.29 is 14.6 Å². The van der Waals surface area contributed by atoms with Gasteiger partial charge in [0, 0.05) is 27.8 Å². The quantitative estimate of drug-likeness (QED) is 0.925. The molecule has 0 saturated heterocycles. The minimum Gasteiger partial charge on any atom is -0.478 e. The summed E-state index contributed by atoms with van der Waals surface area (Å²) in [5.74, 6) is -0.633. The Hall–Kier alpha value is -1.59. The van der Waals surface area contributed by atoms with Crippen molar-refractivity contribution in [1.82, 2.24) is 4.98 Å². The molecule has 0 unspecified atom stereocenters. The van der Waals surface area contributed by atoms with E-state index in [0.29, 0.717) is 10.9 Å². The van der Waals surface area contributed by atoms with Gasteiger partial charge < -0.3 is 9.84 Å². The summed E-state index contributed by atoms with van der Waals surface area (Å²) < 4.78 is 6.21. The molecule has 0 amide bonds. The zero-order valence-electron chi connectivity index (χ0n) is 8.93. The van der Waals surface area contributed by atoms with Gasteiger partial charge in [0.1, 0.15) is 11.3 Å². The summed E-state index contributed by atoms with van der Waals surface area (Å²) in [7, 11) is 0. The van der Waals surface area contributed by atoms with Crippen molar-refractivity contribution in [3.63, 3.8) is 0 Å². The molecule has 0 fully saturated rings. The van der Waals surface area contributed by atoms with Gasteiger partial charge in [0.25, 0.3) is 0 Å². The van der Waals surface area contributed by atoms with Gasteiger partial charge in [-0.25, -0.2) is 9.78 Å². The summed E-state index contributed by atoms with van der Waals surface area (Å²) in [5.41, 5.74) is 0.0316. The summed E-state index contributed by atoms with van der Waals surface area (Å²) in [5, 5.41) is 9.42. The summed E-state index contributed by atoms with van der Waals surface area (Å²) >= 11 is 9.06. The lowest BCUT2D eigenvalue weighted by atomic mass is 10.2. The number of ether oxygens (including phenoxy) is 1. The van der Waals surface area contributed by atoms with Crippen LogP contribution in [0, 0.1) is 0 Å². The lowest BCUT2D eigenvalue weighted by Gasteiger charge is -2.08. The molecule has 92 valence electrons. The zero-order valence-corrected chi connectivity index (χ0v) is 11.3. The Morgan fingerprint density at radius 2 is 2.11 bits per heavy atom. The number of hydrogen-bond donors (Lipinski definition) is 1. The summed E-state index contributed by atoms with van der Waals surface area (Å²) in [6.45, 7) is 0. The Morgan fingerprint density at radius 1 is 1.33 bits per heavy atom. The van der Waals surface area contributed by atoms with Crippen LogP contribution in [0.1, 0.15) is 10.4 Å². The second-order valence-electron chi connectivity index (χ2n) is 3.36. The van der Waals surface area contributed by atoms with Crippen molar-refractivity contribution in [3.8, 4) is 11.6 Å². The van der Waals surface area contributed by atoms with Gasteiger partial charge in [-0.1, -0.05) is 11.6 Å². The van der Waals surface area contributed by atoms with Crippen molar-refractivity contribution >= 4 is 33.5 Å². The maximum absolute atomic E-state index is 11.0. The van der Waals surface area contributed by atoms with Crippen molar-refractivity contribution in [3.05, 3.63) is 51.6 Å². The Morgan fingerprint density at radius 3 is 2.72 bits per heavy atom. The third-order valence-electron chi connectivity index (χ3n) is 2.09. The minimum absolute atomic E-state index is 0.0316. The first kappa shape index (κ1) is 12.9. The maximum Gasteiger partial charge on any atom is 0.339 e. The molecule has 1 heterocycles. The van der Waals surface area contributed by atoms with E-state index in [1.165, 1.54) is 18.2 Å². The average molecular weight is 329 g/mol. The number of rotatable bonds is 3. The van der Waals surface area contributed by atoms with E-state index in [1.807, 2.05) is 0 Å². The van der Waals surface area contributed by atoms with E-state index in [1.54, 1.807) is 18.3 Å². The number of benzene rings is 1. The lowest BCUT2D eigenvalue weighted by Crippen LogP contribution is -2.00. The van der Waals surface area contributed by atoms with Crippen LogP contribution in [0.15, 0.2) is 41.0 Å². The van der Waals surface area contributed by atoms with Gasteiger partial charge in [0.05, 0.1) is 0 Å². The van der Waals surface area contributed by atoms with Crippen LogP contribution in [0.2, 0.25) is 5.02 Å². The number of aromatic nitrogens is 1. The minimum atomic E-state index is -1.08. The molecule has 1 N–H and O–H groups in total. The van der Waals surface area contributed by atoms with Crippen molar-refractivity contribution in [2.45, 2.75) is 0 Å². The van der Waals surface area contributed by atoms with E-state index >= 15 is 0 Å². The molecule has 0 bridgehead atoms. The molecule has 0 aliphatic rings. The highest BCUT2D eigenvalue weighted by Gasteiger charge is 2.13. The fourth-order valence-corrected chi connectivity index (χ4v) is 1.69. The predicted molar refractivity (Wildman–Crippen MR) is 70.4 cm³/mol. The van der Waals surface area contributed by atoms with Crippen LogP contribution in [-0.2, 0) is 0 Å². The molecule has 4 nitrogen and oxygen atoms in total. The molecule has 6 heteroatoms. The van der Waals surface area contributed by atoms with Crippen molar-refractivity contribution in [1.29, 1.82) is 0 Å². The van der Waals surface area contributed by atoms with Gasteiger partial charge >= 0.3 is 5.97 Å². The van der Waals surface area contributed by atoms with Crippen LogP contribution < -0.4 is 4.74 Å². The van der Waals surface area contributed by atoms with Crippen LogP contribution in [0.5, 0.6) is 11.6 Å². The zero-order chi connectivity index (χ0) is 13.1. The van der Waals surface area contributed by atoms with Crippen LogP contribution in [0.25, 0.3) is 0 Å². The molecule has 0 spiro atoms. The molecule has 0 radical (unpaired) electrons. The highest BCUT2D eigenvalue weighted by molar-refractivity contribution is 9.10. The standard InChI is InChI=1S/C12H7BrClNO3/c13-7-1-4-11(15-6-7)18-10-5-8(14)2-3-9(10)12(16)17/h1-6H,(H,16,17). The van der Waals surface area contributed by atoms with Gasteiger partial charge in [-0.15, -0.1) is 0 Å². The lowest BCUT2D eigenvalue weighted by molar-refractivity contribution is 0.0694. The third-order valence-corrected chi connectivity index (χ3v) is 2.79. The van der Waals surface area contributed by atoms with Crippen LogP contribution in [-0.4, -0.2) is 16.1 Å². The average Bonchev–Trinajstić information content (AvgIpc) is 2.32. The number of hydrogen-bond acceptors (Lipinski definition) is 3. The van der Waals surface area contributed by atoms with Gasteiger partial charge in [0.2, 0.25) is 5.88 Å². The van der Waals surface area contributed by atoms with Gasteiger partial charge in [-0.05, 0) is 34.1 Å². The fraction of sp³-hybridized carbons (Fsp3) is 0. The van der Waals surface area contributed by atoms with E-state index < -0.39 is 5.97 Å². The van der Waals surface area contributed by atoms with E-state index in [0.717, 1.165) is 4.47 Å². The number of halogens is 2. The third kappa shape index (κ3) is 3.00. The second kappa shape index (κ2) is 5.37. The number of pyridine rings is 1. The maximum atomic E-state index is 11.0. The Bertz CT molecular complexity index is 586. The van der Waals surface area contributed by atoms with E-state index in [4.69, 9.17) is 21.4 Å². The molecule has 1 aromatic carbocycles. The summed E-state index contributed by atoms with van der Waals surface area (Å²) in [4.78, 5) is 15.0. The molecule has 18 heavy (non-hydrogen) atoms. The van der Waals surface area contributed by atoms with Crippen LogP contribution >= 0.6 is 27.5 Å². The topological polar surface area (TPSA) is 59.4 Å². The highest BCUT2D eigenvalue weighted by atomic mass is 79.9. The van der Waals surface area contributed by atoms with E-state index in [9.17, 15) is 4.79 Å². The molecular weight excluding hydrogens is 321 g/mol. The monoisotopic (exact) mass is 327 g/mol. The molecule has 2 rings (SSSR count). The Labute approximate surface area is 116 Å². The predicted octanol–water partition coefficient (Wildman–Crippen LogP) is 3.99. The van der Waals surface area contributed by atoms with Gasteiger partial charge in [0.15, 0.2) is 0 Å². The normalized spacial score (nSPS) is 10.1. The Kier molecular flexibility index (Phi) is 3.84. The van der Waals surface area contributed by atoms with Crippen molar-refractivity contribution in [2.75, 3.05) is 0 Å². The molecular formula is C12H7BrClNO3. The first-order chi connectivity index (χ1) is 8.56. The van der Waals surface area contributed by atoms with E-state index in [-0.39, 0.29) is 11.3 Å². The SMILES string of the molecule is O=C(O)c1ccc(Cl)cc1Oc1ccc(Br)cn1. The smallest absolute Gasteiger partial charge is 0.339 e. The fourth-order valence-electron chi connectivity index (χ4n) is 1.29. The van der Waals surface area contributed by atoms with E-state index in [2.05, 4.69) is 20.9 Å². The number of carbonyl (C=O) groups is 1. The van der Waals surface area contributed by atoms with Crippen molar-refractivity contribution in [2.24, 2.45) is 0 Å². The first-order valence-electron chi connectivity index (χ1n) is 4.88. The number of carboxylic acid groups (broad SMARTS) is 1. The largest absolute Gasteiger partial charge is 0.478 e. The first-order valence-corrected chi connectivity index (χ1v) is 6.05. The molecule has 0 aliphatic carbocycles.